The highest BCUT2D eigenvalue weighted by molar-refractivity contribution is 6.42. The van der Waals surface area contributed by atoms with Crippen LogP contribution in [0.3, 0.4) is 0 Å². The Balaban J connectivity index is 1.85. The van der Waals surface area contributed by atoms with E-state index in [1.54, 1.807) is 19.2 Å². The number of benzene rings is 1. The molecule has 0 saturated carbocycles. The number of halogens is 2. The summed E-state index contributed by atoms with van der Waals surface area (Å²) in [5.41, 5.74) is 0.865. The average molecular weight is 466 g/mol. The molecule has 0 N–H and O–H groups in total. The summed E-state index contributed by atoms with van der Waals surface area (Å²) in [5, 5.41) is 0.914. The maximum absolute atomic E-state index is 13.1. The van der Waals surface area contributed by atoms with Gasteiger partial charge >= 0.3 is 5.69 Å². The second-order valence-electron chi connectivity index (χ2n) is 8.19. The average Bonchev–Trinajstić information content (AvgIpc) is 3.05. The summed E-state index contributed by atoms with van der Waals surface area (Å²) < 4.78 is 10.2. The Morgan fingerprint density at radius 1 is 1.03 bits per heavy atom. The maximum Gasteiger partial charge on any atom is 0.332 e. The van der Waals surface area contributed by atoms with Crippen molar-refractivity contribution in [3.63, 3.8) is 0 Å². The van der Waals surface area contributed by atoms with Crippen molar-refractivity contribution in [3.8, 4) is 0 Å². The van der Waals surface area contributed by atoms with E-state index in [1.807, 2.05) is 24.5 Å². The Kier molecular flexibility index (Phi) is 6.00. The number of aromatic nitrogens is 4. The van der Waals surface area contributed by atoms with Gasteiger partial charge in [0.1, 0.15) is 5.82 Å². The summed E-state index contributed by atoms with van der Waals surface area (Å²) >= 11 is 12.3. The predicted octanol–water partition coefficient (Wildman–Crippen LogP) is 2.40. The molecule has 4 rings (SSSR count). The minimum absolute atomic E-state index is 0.105. The van der Waals surface area contributed by atoms with Crippen molar-refractivity contribution in [2.75, 3.05) is 13.1 Å². The number of ether oxygens (including phenoxy) is 1. The third kappa shape index (κ3) is 4.17. The van der Waals surface area contributed by atoms with Crippen molar-refractivity contribution in [2.24, 2.45) is 14.1 Å². The van der Waals surface area contributed by atoms with Gasteiger partial charge in [0.25, 0.3) is 5.56 Å². The topological polar surface area (TPSA) is 74.3 Å². The molecule has 1 aliphatic heterocycles. The predicted molar refractivity (Wildman–Crippen MR) is 121 cm³/mol. The van der Waals surface area contributed by atoms with Crippen LogP contribution in [-0.2, 0) is 31.9 Å². The molecule has 3 heterocycles. The minimum atomic E-state index is -0.406. The smallest absolute Gasteiger partial charge is 0.332 e. The normalized spacial score (nSPS) is 19.9. The molecule has 10 heteroatoms. The lowest BCUT2D eigenvalue weighted by Gasteiger charge is -2.35. The number of fused-ring (bicyclic) bond motifs is 1. The van der Waals surface area contributed by atoms with Gasteiger partial charge in [0.2, 0.25) is 0 Å². The van der Waals surface area contributed by atoms with E-state index in [-0.39, 0.29) is 17.8 Å². The van der Waals surface area contributed by atoms with Crippen LogP contribution in [0, 0.1) is 0 Å². The van der Waals surface area contributed by atoms with Crippen LogP contribution in [0.25, 0.3) is 11.2 Å². The molecule has 0 bridgehead atoms. The van der Waals surface area contributed by atoms with Gasteiger partial charge in [-0.15, -0.1) is 0 Å². The van der Waals surface area contributed by atoms with Gasteiger partial charge in [-0.2, -0.15) is 0 Å². The highest BCUT2D eigenvalue weighted by atomic mass is 35.5. The van der Waals surface area contributed by atoms with Gasteiger partial charge in [0.05, 0.1) is 28.8 Å². The molecule has 1 saturated heterocycles. The van der Waals surface area contributed by atoms with E-state index in [4.69, 9.17) is 32.9 Å². The Hall–Kier alpha value is -2.13. The number of aryl methyl sites for hydroxylation is 1. The molecule has 0 spiro atoms. The van der Waals surface area contributed by atoms with Gasteiger partial charge in [-0.1, -0.05) is 29.3 Å². The third-order valence-electron chi connectivity index (χ3n) is 5.61. The van der Waals surface area contributed by atoms with Crippen molar-refractivity contribution in [1.82, 2.24) is 23.6 Å². The Labute approximate surface area is 189 Å². The van der Waals surface area contributed by atoms with Crippen LogP contribution in [0.4, 0.5) is 0 Å². The number of rotatable bonds is 4. The fourth-order valence-electron chi connectivity index (χ4n) is 4.22. The molecule has 8 nitrogen and oxygen atoms in total. The molecule has 1 aliphatic rings. The van der Waals surface area contributed by atoms with Crippen LogP contribution in [0.15, 0.2) is 27.8 Å². The van der Waals surface area contributed by atoms with Crippen LogP contribution in [-0.4, -0.2) is 48.9 Å². The van der Waals surface area contributed by atoms with Crippen molar-refractivity contribution in [1.29, 1.82) is 0 Å². The second kappa shape index (κ2) is 8.43. The largest absolute Gasteiger partial charge is 0.373 e. The first-order chi connectivity index (χ1) is 14.7. The first-order valence-electron chi connectivity index (χ1n) is 10.1. The number of hydrogen-bond acceptors (Lipinski definition) is 5. The Morgan fingerprint density at radius 3 is 2.35 bits per heavy atom. The van der Waals surface area contributed by atoms with E-state index in [1.165, 1.54) is 11.6 Å². The fraction of sp³-hybridized carbons (Fsp3) is 0.476. The minimum Gasteiger partial charge on any atom is -0.373 e. The first kappa shape index (κ1) is 22.1. The molecule has 0 unspecified atom stereocenters. The molecule has 0 amide bonds. The van der Waals surface area contributed by atoms with Gasteiger partial charge < -0.3 is 9.30 Å². The molecule has 166 valence electrons. The maximum atomic E-state index is 13.1. The van der Waals surface area contributed by atoms with Crippen molar-refractivity contribution in [2.45, 2.75) is 39.1 Å². The van der Waals surface area contributed by atoms with Gasteiger partial charge in [0.15, 0.2) is 11.2 Å². The molecule has 2 aromatic heterocycles. The van der Waals surface area contributed by atoms with Crippen molar-refractivity contribution >= 4 is 34.4 Å². The Bertz CT molecular complexity index is 1250. The summed E-state index contributed by atoms with van der Waals surface area (Å²) in [5.74, 6) is 0.709. The molecule has 1 fully saturated rings. The zero-order chi connectivity index (χ0) is 22.4. The fourth-order valence-corrected chi connectivity index (χ4v) is 4.54. The van der Waals surface area contributed by atoms with Crippen molar-refractivity contribution < 1.29 is 4.74 Å². The van der Waals surface area contributed by atoms with E-state index in [0.29, 0.717) is 40.1 Å². The molecular formula is C21H25Cl2N5O3. The number of hydrogen-bond donors (Lipinski definition) is 0. The lowest BCUT2D eigenvalue weighted by atomic mass is 10.2. The van der Waals surface area contributed by atoms with Gasteiger partial charge in [-0.05, 0) is 31.5 Å². The molecule has 0 radical (unpaired) electrons. The zero-order valence-corrected chi connectivity index (χ0v) is 19.4. The molecule has 2 atom stereocenters. The van der Waals surface area contributed by atoms with Crippen LogP contribution in [0.1, 0.15) is 25.2 Å². The third-order valence-corrected chi connectivity index (χ3v) is 6.35. The molecule has 31 heavy (non-hydrogen) atoms. The first-order valence-corrected chi connectivity index (χ1v) is 10.9. The summed E-state index contributed by atoms with van der Waals surface area (Å²) in [6, 6.07) is 5.39. The Morgan fingerprint density at radius 2 is 1.71 bits per heavy atom. The van der Waals surface area contributed by atoms with Crippen LogP contribution in [0.2, 0.25) is 10.0 Å². The van der Waals surface area contributed by atoms with Crippen LogP contribution in [0.5, 0.6) is 0 Å². The second-order valence-corrected chi connectivity index (χ2v) is 9.01. The monoisotopic (exact) mass is 465 g/mol. The molecular weight excluding hydrogens is 441 g/mol. The number of imidazole rings is 1. The summed E-state index contributed by atoms with van der Waals surface area (Å²) in [7, 11) is 3.11. The van der Waals surface area contributed by atoms with Gasteiger partial charge in [-0.3, -0.25) is 18.8 Å². The highest BCUT2D eigenvalue weighted by Gasteiger charge is 2.26. The van der Waals surface area contributed by atoms with Gasteiger partial charge in [-0.25, -0.2) is 9.78 Å². The molecule has 3 aromatic rings. The lowest BCUT2D eigenvalue weighted by molar-refractivity contribution is -0.0712. The van der Waals surface area contributed by atoms with E-state index in [2.05, 4.69) is 4.90 Å². The zero-order valence-electron chi connectivity index (χ0n) is 17.9. The van der Waals surface area contributed by atoms with E-state index in [0.717, 1.165) is 23.2 Å². The van der Waals surface area contributed by atoms with Crippen LogP contribution >= 0.6 is 23.2 Å². The molecule has 1 aromatic carbocycles. The van der Waals surface area contributed by atoms with E-state index >= 15 is 0 Å². The van der Waals surface area contributed by atoms with E-state index < -0.39 is 5.69 Å². The summed E-state index contributed by atoms with van der Waals surface area (Å²) in [6.45, 7) is 6.52. The van der Waals surface area contributed by atoms with Crippen LogP contribution < -0.4 is 11.2 Å². The number of nitrogens with zero attached hydrogens (tertiary/aromatic N) is 5. The van der Waals surface area contributed by atoms with Gasteiger partial charge in [0, 0.05) is 33.7 Å². The molecule has 0 aliphatic carbocycles. The SMILES string of the molecule is C[C@@H]1CN(Cc2nc3c(c(=O)n(C)c(=O)n3C)n2Cc2ccc(Cl)c(Cl)c2)C[C@@H](C)O1. The highest BCUT2D eigenvalue weighted by Crippen LogP contribution is 2.24. The summed E-state index contributed by atoms with van der Waals surface area (Å²) in [6.07, 6.45) is 0.211. The van der Waals surface area contributed by atoms with Crippen molar-refractivity contribution in [3.05, 3.63) is 60.5 Å². The number of morpholine rings is 1. The quantitative estimate of drug-likeness (QED) is 0.591. The standard InChI is InChI=1S/C21H25Cl2N5O3/c1-12-8-27(9-13(2)31-12)11-17-24-19-18(20(29)26(4)21(30)25(19)3)28(17)10-14-5-6-15(22)16(23)7-14/h5-7,12-13H,8-11H2,1-4H3/t12-,13-/m1/s1. The lowest BCUT2D eigenvalue weighted by Crippen LogP contribution is -2.45. The van der Waals surface area contributed by atoms with E-state index in [9.17, 15) is 9.59 Å². The summed E-state index contributed by atoms with van der Waals surface area (Å²) in [4.78, 5) is 32.5.